The predicted octanol–water partition coefficient (Wildman–Crippen LogP) is 4.03. The number of carbonyl (C=O) groups is 1. The number of carbonyl (C=O) groups excluding carboxylic acids is 1. The van der Waals surface area contributed by atoms with Gasteiger partial charge in [0.2, 0.25) is 0 Å². The van der Waals surface area contributed by atoms with E-state index in [-0.39, 0.29) is 28.4 Å². The zero-order chi connectivity index (χ0) is 23.8. The number of nitrogens with zero attached hydrogens (tertiary/aromatic N) is 4. The van der Waals surface area contributed by atoms with Crippen LogP contribution in [0.2, 0.25) is 5.02 Å². The molecule has 0 atom stereocenters. The number of hydrogen-bond donors (Lipinski definition) is 1. The maximum Gasteiger partial charge on any atom is 0.280 e. The van der Waals surface area contributed by atoms with Crippen molar-refractivity contribution >= 4 is 34.1 Å². The first-order valence-corrected chi connectivity index (χ1v) is 10.6. The van der Waals surface area contributed by atoms with Gasteiger partial charge in [0.15, 0.2) is 5.65 Å². The Morgan fingerprint density at radius 2 is 1.91 bits per heavy atom. The number of halogens is 2. The summed E-state index contributed by atoms with van der Waals surface area (Å²) < 4.78 is 21.4. The first-order valence-electron chi connectivity index (χ1n) is 10.2. The minimum atomic E-state index is -0.527. The maximum atomic E-state index is 13.5. The molecule has 5 rings (SSSR count). The summed E-state index contributed by atoms with van der Waals surface area (Å²) in [6, 6.07) is 14.2. The number of pyridine rings is 1. The van der Waals surface area contributed by atoms with E-state index in [1.807, 2.05) is 0 Å². The summed E-state index contributed by atoms with van der Waals surface area (Å²) in [4.78, 5) is 30.2. The summed E-state index contributed by atoms with van der Waals surface area (Å²) in [7, 11) is 1.55. The molecule has 3 aromatic heterocycles. The summed E-state index contributed by atoms with van der Waals surface area (Å²) in [6.07, 6.45) is 2.87. The highest BCUT2D eigenvalue weighted by Gasteiger charge is 2.19. The summed E-state index contributed by atoms with van der Waals surface area (Å²) >= 11 is 6.09. The number of amides is 1. The van der Waals surface area contributed by atoms with Gasteiger partial charge < -0.3 is 4.74 Å². The number of ether oxygens (including phenoxy) is 1. The zero-order valence-corrected chi connectivity index (χ0v) is 18.6. The average Bonchev–Trinajstić information content (AvgIpc) is 3.20. The summed E-state index contributed by atoms with van der Waals surface area (Å²) in [5.41, 5.74) is 5.26. The van der Waals surface area contributed by atoms with E-state index in [2.05, 4.69) is 15.5 Å². The topological polar surface area (TPSA) is 90.5 Å². The molecule has 170 valence electrons. The second-order valence-corrected chi connectivity index (χ2v) is 7.87. The van der Waals surface area contributed by atoms with E-state index < -0.39 is 11.5 Å². The molecule has 0 bridgehead atoms. The molecule has 0 fully saturated rings. The van der Waals surface area contributed by atoms with Crippen LogP contribution in [0.1, 0.15) is 16.1 Å². The summed E-state index contributed by atoms with van der Waals surface area (Å²) in [6.45, 7) is 0.197. The summed E-state index contributed by atoms with van der Waals surface area (Å²) in [5.74, 6) is -0.882. The van der Waals surface area contributed by atoms with E-state index in [0.717, 1.165) is 10.2 Å². The minimum absolute atomic E-state index is 0.197. The number of aromatic nitrogens is 4. The van der Waals surface area contributed by atoms with Crippen molar-refractivity contribution in [1.82, 2.24) is 19.3 Å². The molecule has 1 N–H and O–H groups in total. The zero-order valence-electron chi connectivity index (χ0n) is 17.8. The standard InChI is InChI=1S/C24H17ClFN5O3/c1-34-13-19-21(14-6-8-15(26)9-7-14)22-27-12-17-20(31(22)28-19)10-11-30(24(17)33)29-23(32)16-4-2-3-5-18(16)25/h2-12H,13H2,1H3,(H,29,32). The lowest BCUT2D eigenvalue weighted by Crippen LogP contribution is -2.33. The van der Waals surface area contributed by atoms with Crippen LogP contribution in [0.3, 0.4) is 0 Å². The van der Waals surface area contributed by atoms with Crippen LogP contribution in [0.25, 0.3) is 27.7 Å². The van der Waals surface area contributed by atoms with Crippen LogP contribution in [0.4, 0.5) is 4.39 Å². The first-order chi connectivity index (χ1) is 16.5. The van der Waals surface area contributed by atoms with Crippen LogP contribution in [-0.4, -0.2) is 32.3 Å². The molecule has 0 aliphatic carbocycles. The smallest absolute Gasteiger partial charge is 0.280 e. The molecule has 0 saturated heterocycles. The van der Waals surface area contributed by atoms with E-state index in [0.29, 0.717) is 22.4 Å². The van der Waals surface area contributed by atoms with Crippen LogP contribution in [0, 0.1) is 5.82 Å². The van der Waals surface area contributed by atoms with Crippen LogP contribution in [-0.2, 0) is 11.3 Å². The molecular formula is C24H17ClFN5O3. The molecule has 0 aliphatic rings. The highest BCUT2D eigenvalue weighted by Crippen LogP contribution is 2.29. The van der Waals surface area contributed by atoms with Crippen molar-refractivity contribution in [1.29, 1.82) is 0 Å². The Labute approximate surface area is 197 Å². The minimum Gasteiger partial charge on any atom is -0.378 e. The highest BCUT2D eigenvalue weighted by atomic mass is 35.5. The van der Waals surface area contributed by atoms with Crippen molar-refractivity contribution in [3.8, 4) is 11.1 Å². The van der Waals surface area contributed by atoms with Gasteiger partial charge in [-0.15, -0.1) is 0 Å². The average molecular weight is 478 g/mol. The Kier molecular flexibility index (Phi) is 5.56. The predicted molar refractivity (Wildman–Crippen MR) is 126 cm³/mol. The van der Waals surface area contributed by atoms with Crippen molar-refractivity contribution in [2.75, 3.05) is 12.5 Å². The van der Waals surface area contributed by atoms with Gasteiger partial charge in [-0.1, -0.05) is 35.9 Å². The van der Waals surface area contributed by atoms with E-state index in [9.17, 15) is 14.0 Å². The monoisotopic (exact) mass is 477 g/mol. The fraction of sp³-hybridized carbons (Fsp3) is 0.0833. The lowest BCUT2D eigenvalue weighted by Gasteiger charge is -2.10. The number of benzene rings is 2. The third-order valence-electron chi connectivity index (χ3n) is 5.34. The summed E-state index contributed by atoms with van der Waals surface area (Å²) in [5, 5.41) is 5.12. The molecule has 2 aromatic carbocycles. The van der Waals surface area contributed by atoms with E-state index in [1.54, 1.807) is 54.1 Å². The van der Waals surface area contributed by atoms with Gasteiger partial charge in [-0.2, -0.15) is 5.10 Å². The molecule has 10 heteroatoms. The fourth-order valence-corrected chi connectivity index (χ4v) is 3.99. The molecule has 3 heterocycles. The lowest BCUT2D eigenvalue weighted by molar-refractivity contribution is 0.101. The van der Waals surface area contributed by atoms with Crippen LogP contribution in [0.5, 0.6) is 0 Å². The number of methoxy groups -OCH3 is 1. The van der Waals surface area contributed by atoms with Crippen LogP contribution < -0.4 is 11.0 Å². The van der Waals surface area contributed by atoms with Gasteiger partial charge in [0.25, 0.3) is 11.5 Å². The first kappa shape index (κ1) is 21.7. The quantitative estimate of drug-likeness (QED) is 0.412. The third-order valence-corrected chi connectivity index (χ3v) is 5.67. The number of hydrogen-bond acceptors (Lipinski definition) is 5. The van der Waals surface area contributed by atoms with Crippen molar-refractivity contribution < 1.29 is 13.9 Å². The Morgan fingerprint density at radius 1 is 1.15 bits per heavy atom. The molecule has 34 heavy (non-hydrogen) atoms. The van der Waals surface area contributed by atoms with Gasteiger partial charge >= 0.3 is 0 Å². The normalized spacial score (nSPS) is 11.3. The number of rotatable bonds is 5. The SMILES string of the molecule is COCc1nn2c(ncc3c(=O)n(NC(=O)c4ccccc4Cl)ccc32)c1-c1ccc(F)cc1. The Bertz CT molecular complexity index is 1610. The van der Waals surface area contributed by atoms with Gasteiger partial charge in [0, 0.05) is 19.5 Å². The highest BCUT2D eigenvalue weighted by molar-refractivity contribution is 6.34. The van der Waals surface area contributed by atoms with Crippen LogP contribution >= 0.6 is 11.6 Å². The van der Waals surface area contributed by atoms with E-state index in [1.165, 1.54) is 24.5 Å². The Morgan fingerprint density at radius 3 is 2.65 bits per heavy atom. The molecule has 8 nitrogen and oxygen atoms in total. The number of nitrogens with one attached hydrogen (secondary N) is 1. The molecular weight excluding hydrogens is 461 g/mol. The third kappa shape index (κ3) is 3.70. The second kappa shape index (κ2) is 8.69. The van der Waals surface area contributed by atoms with Gasteiger partial charge in [0.05, 0.1) is 39.4 Å². The van der Waals surface area contributed by atoms with E-state index in [4.69, 9.17) is 16.3 Å². The van der Waals surface area contributed by atoms with Gasteiger partial charge in [-0.05, 0) is 35.9 Å². The Balaban J connectivity index is 1.63. The van der Waals surface area contributed by atoms with Crippen LogP contribution in [0.15, 0.2) is 71.8 Å². The number of fused-ring (bicyclic) bond motifs is 3. The van der Waals surface area contributed by atoms with Gasteiger partial charge in [0.1, 0.15) is 5.82 Å². The molecule has 0 spiro atoms. The van der Waals surface area contributed by atoms with Crippen molar-refractivity contribution in [3.05, 3.63) is 99.4 Å². The van der Waals surface area contributed by atoms with Crippen molar-refractivity contribution in [2.45, 2.75) is 6.61 Å². The van der Waals surface area contributed by atoms with Gasteiger partial charge in [-0.3, -0.25) is 15.0 Å². The molecule has 1 amide bonds. The second-order valence-electron chi connectivity index (χ2n) is 7.47. The lowest BCUT2D eigenvalue weighted by atomic mass is 10.1. The fourth-order valence-electron chi connectivity index (χ4n) is 3.77. The molecule has 0 unspecified atom stereocenters. The molecule has 0 saturated carbocycles. The van der Waals surface area contributed by atoms with Crippen molar-refractivity contribution in [3.63, 3.8) is 0 Å². The largest absolute Gasteiger partial charge is 0.378 e. The molecule has 5 aromatic rings. The molecule has 0 aliphatic heterocycles. The maximum absolute atomic E-state index is 13.5. The molecule has 0 radical (unpaired) electrons. The van der Waals surface area contributed by atoms with Crippen molar-refractivity contribution in [2.24, 2.45) is 0 Å². The van der Waals surface area contributed by atoms with Gasteiger partial charge in [-0.25, -0.2) is 18.6 Å². The van der Waals surface area contributed by atoms with E-state index >= 15 is 0 Å². The Hall–Kier alpha value is -4.08.